The van der Waals surface area contributed by atoms with Gasteiger partial charge in [-0.2, -0.15) is 5.26 Å². The van der Waals surface area contributed by atoms with Crippen LogP contribution in [0.15, 0.2) is 42.7 Å². The van der Waals surface area contributed by atoms with Crippen molar-refractivity contribution in [2.24, 2.45) is 5.41 Å². The van der Waals surface area contributed by atoms with E-state index in [0.29, 0.717) is 11.5 Å². The Morgan fingerprint density at radius 3 is 2.96 bits per heavy atom. The van der Waals surface area contributed by atoms with Crippen molar-refractivity contribution in [1.82, 2.24) is 10.3 Å². The molecule has 2 heterocycles. The van der Waals surface area contributed by atoms with Crippen LogP contribution >= 0.6 is 0 Å². The molecule has 4 nitrogen and oxygen atoms in total. The first-order valence-corrected chi connectivity index (χ1v) is 9.67. The molecule has 27 heavy (non-hydrogen) atoms. The molecular weight excluding hydrogens is 332 g/mol. The molecule has 1 aromatic heterocycles. The molecule has 2 unspecified atom stereocenters. The van der Waals surface area contributed by atoms with Gasteiger partial charge in [-0.25, -0.2) is 0 Å². The van der Waals surface area contributed by atoms with Crippen LogP contribution < -0.4 is 10.6 Å². The van der Waals surface area contributed by atoms with Crippen molar-refractivity contribution >= 4 is 16.5 Å². The van der Waals surface area contributed by atoms with Gasteiger partial charge in [0, 0.05) is 41.5 Å². The van der Waals surface area contributed by atoms with Gasteiger partial charge in [-0.1, -0.05) is 6.07 Å². The number of hydrogen-bond acceptors (Lipinski definition) is 4. The monoisotopic (exact) mass is 352 g/mol. The van der Waals surface area contributed by atoms with Crippen molar-refractivity contribution in [2.45, 2.75) is 25.3 Å². The van der Waals surface area contributed by atoms with E-state index >= 15 is 0 Å². The highest BCUT2D eigenvalue weighted by atomic mass is 15.1. The Balaban J connectivity index is 1.45. The van der Waals surface area contributed by atoms with Gasteiger partial charge in [-0.3, -0.25) is 4.98 Å². The SMILES string of the molecule is N#Cc1cc(-c2cc(NC3CC34CCNC4)c3cnccc3c2)c2cc1C2. The predicted octanol–water partition coefficient (Wildman–Crippen LogP) is 3.84. The summed E-state index contributed by atoms with van der Waals surface area (Å²) in [5.74, 6) is 0. The quantitative estimate of drug-likeness (QED) is 0.588. The minimum Gasteiger partial charge on any atom is -0.381 e. The first-order chi connectivity index (χ1) is 13.3. The molecule has 2 fully saturated rings. The fourth-order valence-corrected chi connectivity index (χ4v) is 4.88. The average molecular weight is 352 g/mol. The van der Waals surface area contributed by atoms with Crippen LogP contribution in [0.1, 0.15) is 29.5 Å². The molecule has 0 radical (unpaired) electrons. The van der Waals surface area contributed by atoms with Gasteiger partial charge in [0.25, 0.3) is 0 Å². The number of pyridine rings is 1. The summed E-state index contributed by atoms with van der Waals surface area (Å²) >= 11 is 0. The van der Waals surface area contributed by atoms with Crippen LogP contribution in [0, 0.1) is 16.7 Å². The highest BCUT2D eigenvalue weighted by molar-refractivity contribution is 5.98. The van der Waals surface area contributed by atoms with Gasteiger partial charge in [0.2, 0.25) is 0 Å². The summed E-state index contributed by atoms with van der Waals surface area (Å²) in [7, 11) is 0. The maximum atomic E-state index is 9.41. The number of benzene rings is 2. The number of rotatable bonds is 3. The van der Waals surface area contributed by atoms with Crippen molar-refractivity contribution in [3.05, 3.63) is 59.4 Å². The van der Waals surface area contributed by atoms with E-state index in [2.05, 4.69) is 52.0 Å². The molecule has 1 saturated carbocycles. The minimum absolute atomic E-state index is 0.441. The number of anilines is 1. The van der Waals surface area contributed by atoms with Crippen molar-refractivity contribution in [1.29, 1.82) is 5.26 Å². The Kier molecular flexibility index (Phi) is 2.99. The lowest BCUT2D eigenvalue weighted by Gasteiger charge is -2.22. The maximum Gasteiger partial charge on any atom is 0.0994 e. The lowest BCUT2D eigenvalue weighted by atomic mass is 9.81. The Morgan fingerprint density at radius 2 is 2.15 bits per heavy atom. The van der Waals surface area contributed by atoms with Gasteiger partial charge < -0.3 is 10.6 Å². The molecule has 2 bridgehead atoms. The highest BCUT2D eigenvalue weighted by Crippen LogP contribution is 2.52. The van der Waals surface area contributed by atoms with E-state index in [1.807, 2.05) is 12.4 Å². The van der Waals surface area contributed by atoms with Crippen LogP contribution in [0.4, 0.5) is 5.69 Å². The van der Waals surface area contributed by atoms with E-state index in [4.69, 9.17) is 0 Å². The second-order valence-corrected chi connectivity index (χ2v) is 8.27. The van der Waals surface area contributed by atoms with Gasteiger partial charge in [-0.15, -0.1) is 0 Å². The number of aromatic nitrogens is 1. The molecule has 2 N–H and O–H groups in total. The van der Waals surface area contributed by atoms with Crippen molar-refractivity contribution in [2.75, 3.05) is 18.4 Å². The average Bonchev–Trinajstić information content (AvgIpc) is 3.11. The zero-order valence-corrected chi connectivity index (χ0v) is 15.0. The van der Waals surface area contributed by atoms with Crippen molar-refractivity contribution in [3.8, 4) is 17.2 Å². The number of nitrogens with one attached hydrogen (secondary N) is 2. The summed E-state index contributed by atoms with van der Waals surface area (Å²) in [6, 6.07) is 13.7. The first kappa shape index (κ1) is 15.2. The molecule has 0 amide bonds. The van der Waals surface area contributed by atoms with Gasteiger partial charge in [-0.05, 0) is 77.7 Å². The van der Waals surface area contributed by atoms with E-state index in [1.165, 1.54) is 51.6 Å². The third-order valence-electron chi connectivity index (χ3n) is 6.69. The van der Waals surface area contributed by atoms with E-state index in [-0.39, 0.29) is 0 Å². The summed E-state index contributed by atoms with van der Waals surface area (Å²) < 4.78 is 0. The first-order valence-electron chi connectivity index (χ1n) is 9.67. The van der Waals surface area contributed by atoms with Crippen LogP contribution in [0.2, 0.25) is 0 Å². The Hall–Kier alpha value is -2.90. The smallest absolute Gasteiger partial charge is 0.0994 e. The topological polar surface area (TPSA) is 60.7 Å². The van der Waals surface area contributed by atoms with Crippen molar-refractivity contribution < 1.29 is 0 Å². The summed E-state index contributed by atoms with van der Waals surface area (Å²) in [5, 5.41) is 19.1. The molecule has 2 atom stereocenters. The Labute approximate surface area is 158 Å². The molecule has 7 rings (SSSR count). The van der Waals surface area contributed by atoms with E-state index in [1.54, 1.807) is 0 Å². The van der Waals surface area contributed by atoms with Gasteiger partial charge in [0.05, 0.1) is 11.6 Å². The predicted molar refractivity (Wildman–Crippen MR) is 107 cm³/mol. The van der Waals surface area contributed by atoms with Crippen LogP contribution in [-0.4, -0.2) is 24.1 Å². The molecular formula is C23H20N4. The lowest BCUT2D eigenvalue weighted by molar-refractivity contribution is 0.557. The molecule has 3 aliphatic carbocycles. The molecule has 2 aromatic carbocycles. The number of fused-ring (bicyclic) bond motifs is 3. The van der Waals surface area contributed by atoms with E-state index in [9.17, 15) is 5.26 Å². The fraction of sp³-hybridized carbons (Fsp3) is 0.304. The van der Waals surface area contributed by atoms with Gasteiger partial charge >= 0.3 is 0 Å². The fourth-order valence-electron chi connectivity index (χ4n) is 4.88. The largest absolute Gasteiger partial charge is 0.381 e. The number of nitriles is 1. The minimum atomic E-state index is 0.441. The molecule has 1 saturated heterocycles. The normalized spacial score (nSPS) is 24.6. The molecule has 132 valence electrons. The number of hydrogen-bond donors (Lipinski definition) is 2. The molecule has 1 spiro atoms. The lowest BCUT2D eigenvalue weighted by Crippen LogP contribution is -2.17. The molecule has 1 aliphatic heterocycles. The van der Waals surface area contributed by atoms with Crippen LogP contribution in [0.5, 0.6) is 0 Å². The summed E-state index contributed by atoms with van der Waals surface area (Å²) in [4.78, 5) is 4.35. The maximum absolute atomic E-state index is 9.41. The van der Waals surface area contributed by atoms with Crippen LogP contribution in [0.25, 0.3) is 21.9 Å². The molecule has 4 heteroatoms. The summed E-state index contributed by atoms with van der Waals surface area (Å²) in [6.07, 6.45) is 7.23. The van der Waals surface area contributed by atoms with Crippen LogP contribution in [0.3, 0.4) is 0 Å². The van der Waals surface area contributed by atoms with Gasteiger partial charge in [0.15, 0.2) is 0 Å². The molecule has 3 aromatic rings. The standard InChI is InChI=1S/C23H20N4/c24-11-18-8-19(16-6-15(18)7-16)17-5-14-1-3-25-12-20(14)21(9-17)27-22-10-23(22)2-4-26-13-23/h1,3,5-6,8-9,12,22,26-27H,2,4,7,10,13H2. The van der Waals surface area contributed by atoms with Gasteiger partial charge in [0.1, 0.15) is 0 Å². The van der Waals surface area contributed by atoms with E-state index < -0.39 is 0 Å². The van der Waals surface area contributed by atoms with E-state index in [0.717, 1.165) is 25.1 Å². The zero-order chi connectivity index (χ0) is 18.0. The molecule has 4 aliphatic rings. The van der Waals surface area contributed by atoms with Crippen LogP contribution in [-0.2, 0) is 6.42 Å². The summed E-state index contributed by atoms with van der Waals surface area (Å²) in [5.41, 5.74) is 7.31. The Morgan fingerprint density at radius 1 is 1.22 bits per heavy atom. The Bertz CT molecular complexity index is 1140. The second-order valence-electron chi connectivity index (χ2n) is 8.27. The third-order valence-corrected chi connectivity index (χ3v) is 6.69. The second kappa shape index (κ2) is 5.31. The zero-order valence-electron chi connectivity index (χ0n) is 15.0. The number of nitrogens with zero attached hydrogens (tertiary/aromatic N) is 2. The van der Waals surface area contributed by atoms with Crippen molar-refractivity contribution in [3.63, 3.8) is 0 Å². The highest BCUT2D eigenvalue weighted by Gasteiger charge is 2.55. The summed E-state index contributed by atoms with van der Waals surface area (Å²) in [6.45, 7) is 2.25. The third kappa shape index (κ3) is 2.22.